The molecule has 0 radical (unpaired) electrons. The van der Waals surface area contributed by atoms with Crippen molar-refractivity contribution in [2.24, 2.45) is 5.92 Å². The average Bonchev–Trinajstić information content (AvgIpc) is 2.87. The molecule has 0 unspecified atom stereocenters. The topological polar surface area (TPSA) is 63.7 Å². The molecule has 6 nitrogen and oxygen atoms in total. The van der Waals surface area contributed by atoms with Crippen LogP contribution in [-0.2, 0) is 14.0 Å². The number of aromatic nitrogens is 1. The number of halogens is 1. The molecule has 1 aromatic heterocycles. The average molecular weight is 630 g/mol. The van der Waals surface area contributed by atoms with Gasteiger partial charge >= 0.3 is 5.97 Å². The SMILES string of the molecule is CC(C)CN(c1ccc([C@H](C)CC(=O)OC(C)(C)C)cc1Nc1ccc(Cl)nc1)C1CCC(O[Si](C)(C)C(C)(C)C)CC1. The van der Waals surface area contributed by atoms with Crippen molar-refractivity contribution < 1.29 is 14.0 Å². The molecule has 240 valence electrons. The summed E-state index contributed by atoms with van der Waals surface area (Å²) in [5, 5.41) is 4.31. The summed E-state index contributed by atoms with van der Waals surface area (Å²) in [6, 6.07) is 10.8. The van der Waals surface area contributed by atoms with Gasteiger partial charge in [0.25, 0.3) is 0 Å². The van der Waals surface area contributed by atoms with Gasteiger partial charge in [-0.3, -0.25) is 4.79 Å². The predicted molar refractivity (Wildman–Crippen MR) is 184 cm³/mol. The van der Waals surface area contributed by atoms with Gasteiger partial charge in [-0.1, -0.05) is 59.2 Å². The van der Waals surface area contributed by atoms with Crippen LogP contribution in [0.4, 0.5) is 17.1 Å². The molecule has 0 spiro atoms. The van der Waals surface area contributed by atoms with Crippen molar-refractivity contribution in [3.8, 4) is 0 Å². The highest BCUT2D eigenvalue weighted by atomic mass is 35.5. The Bertz CT molecular complexity index is 1200. The van der Waals surface area contributed by atoms with Crippen LogP contribution >= 0.6 is 11.6 Å². The van der Waals surface area contributed by atoms with Crippen LogP contribution in [-0.4, -0.2) is 43.6 Å². The minimum atomic E-state index is -1.80. The lowest BCUT2D eigenvalue weighted by atomic mass is 9.90. The highest BCUT2D eigenvalue weighted by Crippen LogP contribution is 2.41. The first kappa shape index (κ1) is 35.4. The number of nitrogens with zero attached hydrogens (tertiary/aromatic N) is 2. The molecule has 43 heavy (non-hydrogen) atoms. The van der Waals surface area contributed by atoms with Gasteiger partial charge in [-0.25, -0.2) is 4.98 Å². The molecular formula is C35H56ClN3O3Si. The van der Waals surface area contributed by atoms with E-state index in [0.717, 1.165) is 49.2 Å². The number of carbonyl (C=O) groups excluding carboxylic acids is 1. The lowest BCUT2D eigenvalue weighted by Crippen LogP contribution is -2.47. The molecule has 2 aromatic rings. The van der Waals surface area contributed by atoms with Crippen molar-refractivity contribution in [3.05, 3.63) is 47.2 Å². The number of hydrogen-bond donors (Lipinski definition) is 1. The van der Waals surface area contributed by atoms with Crippen LogP contribution in [0.3, 0.4) is 0 Å². The van der Waals surface area contributed by atoms with Gasteiger partial charge in [-0.2, -0.15) is 0 Å². The zero-order chi connectivity index (χ0) is 32.2. The fourth-order valence-corrected chi connectivity index (χ4v) is 7.01. The summed E-state index contributed by atoms with van der Waals surface area (Å²) in [5.41, 5.74) is 3.65. The number of carbonyl (C=O) groups is 1. The Kier molecular flexibility index (Phi) is 11.8. The number of benzene rings is 1. The van der Waals surface area contributed by atoms with Gasteiger partial charge in [0.2, 0.25) is 0 Å². The van der Waals surface area contributed by atoms with Gasteiger partial charge in [0.1, 0.15) is 10.8 Å². The van der Waals surface area contributed by atoms with Gasteiger partial charge in [0, 0.05) is 18.7 Å². The summed E-state index contributed by atoms with van der Waals surface area (Å²) in [5.74, 6) is 0.324. The molecule has 1 fully saturated rings. The highest BCUT2D eigenvalue weighted by molar-refractivity contribution is 6.74. The molecule has 0 aliphatic heterocycles. The number of pyridine rings is 1. The predicted octanol–water partition coefficient (Wildman–Crippen LogP) is 10.1. The largest absolute Gasteiger partial charge is 0.460 e. The minimum Gasteiger partial charge on any atom is -0.460 e. The van der Waals surface area contributed by atoms with Gasteiger partial charge < -0.3 is 19.4 Å². The summed E-state index contributed by atoms with van der Waals surface area (Å²) in [6.45, 7) is 25.0. The molecule has 1 saturated carbocycles. The molecule has 1 aliphatic carbocycles. The van der Waals surface area contributed by atoms with E-state index in [1.54, 1.807) is 12.3 Å². The molecular weight excluding hydrogens is 574 g/mol. The minimum absolute atomic E-state index is 0.00858. The molecule has 1 N–H and O–H groups in total. The van der Waals surface area contributed by atoms with Crippen LogP contribution in [0.25, 0.3) is 0 Å². The Morgan fingerprint density at radius 3 is 2.23 bits per heavy atom. The van der Waals surface area contributed by atoms with Crippen molar-refractivity contribution in [3.63, 3.8) is 0 Å². The zero-order valence-electron chi connectivity index (χ0n) is 28.5. The smallest absolute Gasteiger partial charge is 0.306 e. The van der Waals surface area contributed by atoms with Gasteiger partial charge in [-0.05, 0) is 106 Å². The first-order valence-electron chi connectivity index (χ1n) is 16.0. The van der Waals surface area contributed by atoms with Crippen molar-refractivity contribution in [1.29, 1.82) is 0 Å². The van der Waals surface area contributed by atoms with E-state index in [4.69, 9.17) is 20.8 Å². The van der Waals surface area contributed by atoms with Crippen LogP contribution in [0.15, 0.2) is 36.5 Å². The quantitative estimate of drug-likeness (QED) is 0.152. The highest BCUT2D eigenvalue weighted by Gasteiger charge is 2.40. The summed E-state index contributed by atoms with van der Waals surface area (Å²) in [6.07, 6.45) is 6.80. The van der Waals surface area contributed by atoms with Crippen LogP contribution in [0.2, 0.25) is 23.3 Å². The van der Waals surface area contributed by atoms with Crippen LogP contribution in [0.5, 0.6) is 0 Å². The van der Waals surface area contributed by atoms with Crippen molar-refractivity contribution >= 4 is 42.9 Å². The van der Waals surface area contributed by atoms with Gasteiger partial charge in [0.05, 0.1) is 29.7 Å². The summed E-state index contributed by atoms with van der Waals surface area (Å²) in [4.78, 5) is 19.5. The third-order valence-electron chi connectivity index (χ3n) is 8.71. The van der Waals surface area contributed by atoms with Crippen molar-refractivity contribution in [1.82, 2.24) is 4.98 Å². The number of nitrogens with one attached hydrogen (secondary N) is 1. The Morgan fingerprint density at radius 2 is 1.70 bits per heavy atom. The van der Waals surface area contributed by atoms with Crippen molar-refractivity contribution in [2.45, 2.75) is 136 Å². The number of esters is 1. The molecule has 0 saturated heterocycles. The molecule has 0 amide bonds. The van der Waals surface area contributed by atoms with Crippen LogP contribution in [0, 0.1) is 5.92 Å². The summed E-state index contributed by atoms with van der Waals surface area (Å²) >= 11 is 6.09. The fourth-order valence-electron chi connectivity index (χ4n) is 5.47. The van der Waals surface area contributed by atoms with E-state index >= 15 is 0 Å². The summed E-state index contributed by atoms with van der Waals surface area (Å²) in [7, 11) is -1.80. The Morgan fingerprint density at radius 1 is 1.05 bits per heavy atom. The Balaban J connectivity index is 1.90. The van der Waals surface area contributed by atoms with E-state index in [-0.39, 0.29) is 16.9 Å². The second-order valence-electron chi connectivity index (χ2n) is 15.3. The van der Waals surface area contributed by atoms with Gasteiger partial charge in [-0.15, -0.1) is 0 Å². The summed E-state index contributed by atoms with van der Waals surface area (Å²) < 4.78 is 12.4. The van der Waals surface area contributed by atoms with Gasteiger partial charge in [0.15, 0.2) is 8.32 Å². The standard InChI is InChI=1S/C35H56ClN3O3Si/c1-24(2)23-39(28-14-16-29(17-15-28)42-43(10,11)35(7,8)9)31-18-12-26(25(3)20-33(40)41-34(4,5)6)21-30(31)38-27-13-19-32(36)37-22-27/h12-13,18-19,21-22,24-25,28-29,38H,14-17,20,23H2,1-11H3/t25-,28?,29?/m1/s1. The number of anilines is 3. The number of hydrogen-bond acceptors (Lipinski definition) is 6. The van der Waals surface area contributed by atoms with E-state index < -0.39 is 13.9 Å². The molecule has 8 heteroatoms. The zero-order valence-corrected chi connectivity index (χ0v) is 30.3. The molecule has 0 bridgehead atoms. The van der Waals surface area contributed by atoms with Crippen LogP contribution < -0.4 is 10.2 Å². The first-order valence-corrected chi connectivity index (χ1v) is 19.3. The Labute approximate surface area is 267 Å². The lowest BCUT2D eigenvalue weighted by Gasteiger charge is -2.44. The molecule has 1 aliphatic rings. The lowest BCUT2D eigenvalue weighted by molar-refractivity contribution is -0.155. The normalized spacial score (nSPS) is 18.8. The molecule has 3 rings (SSSR count). The van der Waals surface area contributed by atoms with E-state index in [0.29, 0.717) is 29.6 Å². The van der Waals surface area contributed by atoms with Crippen molar-refractivity contribution in [2.75, 3.05) is 16.8 Å². The molecule has 1 heterocycles. The maximum atomic E-state index is 12.6. The third-order valence-corrected chi connectivity index (χ3v) is 13.5. The number of rotatable bonds is 11. The number of ether oxygens (including phenoxy) is 1. The van der Waals surface area contributed by atoms with E-state index in [9.17, 15) is 4.79 Å². The molecule has 1 aromatic carbocycles. The third kappa shape index (κ3) is 10.5. The van der Waals surface area contributed by atoms with Crippen LogP contribution in [0.1, 0.15) is 106 Å². The maximum absolute atomic E-state index is 12.6. The second kappa shape index (κ2) is 14.3. The Hall–Kier alpha value is -2.09. The first-order chi connectivity index (χ1) is 19.8. The monoisotopic (exact) mass is 629 g/mol. The molecule has 1 atom stereocenters. The van der Waals surface area contributed by atoms with E-state index in [2.05, 4.69) is 88.0 Å². The fraction of sp³-hybridized carbons (Fsp3) is 0.657. The second-order valence-corrected chi connectivity index (χ2v) is 20.5. The maximum Gasteiger partial charge on any atom is 0.306 e. The van der Waals surface area contributed by atoms with E-state index in [1.165, 1.54) is 5.69 Å². The van der Waals surface area contributed by atoms with E-state index in [1.807, 2.05) is 26.8 Å².